The summed E-state index contributed by atoms with van der Waals surface area (Å²) in [5.41, 5.74) is 6.48. The number of ether oxygens (including phenoxy) is 2. The highest BCUT2D eigenvalue weighted by Crippen LogP contribution is 2.16. The second-order valence-electron chi connectivity index (χ2n) is 3.01. The smallest absolute Gasteiger partial charge is 0.264 e. The molecule has 0 saturated heterocycles. The molecule has 0 fully saturated rings. The van der Waals surface area contributed by atoms with E-state index in [1.165, 1.54) is 0 Å². The molecule has 0 saturated carbocycles. The second-order valence-corrected chi connectivity index (χ2v) is 3.01. The van der Waals surface area contributed by atoms with Crippen molar-refractivity contribution in [3.05, 3.63) is 30.4 Å². The van der Waals surface area contributed by atoms with Gasteiger partial charge in [-0.15, -0.1) is 0 Å². The Labute approximate surface area is 93.0 Å². The van der Waals surface area contributed by atoms with E-state index in [0.29, 0.717) is 11.6 Å². The predicted octanol–water partition coefficient (Wildman–Crippen LogP) is 0.0684. The van der Waals surface area contributed by atoms with Gasteiger partial charge in [-0.2, -0.15) is 5.12 Å². The van der Waals surface area contributed by atoms with Gasteiger partial charge in [0.2, 0.25) is 6.29 Å². The van der Waals surface area contributed by atoms with Gasteiger partial charge < -0.3 is 9.47 Å². The molecule has 2 N–H and O–H groups in total. The van der Waals surface area contributed by atoms with E-state index in [-0.39, 0.29) is 0 Å². The summed E-state index contributed by atoms with van der Waals surface area (Å²) in [6.45, 7) is 0. The fourth-order valence-corrected chi connectivity index (χ4v) is 1.31. The van der Waals surface area contributed by atoms with Crippen molar-refractivity contribution in [2.45, 2.75) is 6.29 Å². The molecule has 0 amide bonds. The first-order chi connectivity index (χ1) is 7.85. The van der Waals surface area contributed by atoms with E-state index in [1.807, 2.05) is 0 Å². The first-order valence-corrected chi connectivity index (χ1v) is 4.71. The fourth-order valence-electron chi connectivity index (χ4n) is 1.31. The Kier molecular flexibility index (Phi) is 3.18. The standard InChI is InChI=1S/C9H13N5O2/c1-15-8(16-2)7-3-4-10-9(13-7)14-11-5-6-12-14/h3-6,8,11-12H,1-2H3. The lowest BCUT2D eigenvalue weighted by Gasteiger charge is -2.18. The lowest BCUT2D eigenvalue weighted by molar-refractivity contribution is -0.108. The van der Waals surface area contributed by atoms with Gasteiger partial charge in [0.15, 0.2) is 0 Å². The van der Waals surface area contributed by atoms with E-state index in [4.69, 9.17) is 9.47 Å². The molecular weight excluding hydrogens is 210 g/mol. The first kappa shape index (κ1) is 10.7. The molecule has 7 nitrogen and oxygen atoms in total. The quantitative estimate of drug-likeness (QED) is 0.700. The molecular formula is C9H13N5O2. The third-order valence-electron chi connectivity index (χ3n) is 2.02. The monoisotopic (exact) mass is 223 g/mol. The van der Waals surface area contributed by atoms with Crippen molar-refractivity contribution in [3.8, 4) is 0 Å². The van der Waals surface area contributed by atoms with Gasteiger partial charge in [0.25, 0.3) is 5.95 Å². The molecule has 2 heterocycles. The molecule has 1 aliphatic rings. The van der Waals surface area contributed by atoms with Gasteiger partial charge in [-0.3, -0.25) is 10.9 Å². The molecule has 16 heavy (non-hydrogen) atoms. The SMILES string of the molecule is COC(OC)c1ccnc(N2NC=CN2)n1. The number of hydrazine groups is 2. The van der Waals surface area contributed by atoms with Gasteiger partial charge in [0.05, 0.1) is 0 Å². The van der Waals surface area contributed by atoms with E-state index in [2.05, 4.69) is 20.8 Å². The molecule has 0 unspecified atom stereocenters. The molecule has 86 valence electrons. The van der Waals surface area contributed by atoms with Crippen molar-refractivity contribution < 1.29 is 9.47 Å². The summed E-state index contributed by atoms with van der Waals surface area (Å²) < 4.78 is 10.2. The molecule has 7 heteroatoms. The summed E-state index contributed by atoms with van der Waals surface area (Å²) in [4.78, 5) is 8.41. The normalized spacial score (nSPS) is 14.1. The number of aromatic nitrogens is 2. The number of anilines is 1. The Morgan fingerprint density at radius 1 is 1.25 bits per heavy atom. The summed E-state index contributed by atoms with van der Waals surface area (Å²) in [6.07, 6.45) is 4.63. The minimum absolute atomic E-state index is 0.488. The van der Waals surface area contributed by atoms with Gasteiger partial charge in [0.1, 0.15) is 5.69 Å². The van der Waals surface area contributed by atoms with Crippen molar-refractivity contribution >= 4 is 5.95 Å². The highest BCUT2D eigenvalue weighted by molar-refractivity contribution is 5.29. The van der Waals surface area contributed by atoms with Crippen LogP contribution in [0.5, 0.6) is 0 Å². The Morgan fingerprint density at radius 2 is 1.94 bits per heavy atom. The van der Waals surface area contributed by atoms with Gasteiger partial charge in [-0.25, -0.2) is 9.97 Å². The van der Waals surface area contributed by atoms with Crippen LogP contribution in [-0.2, 0) is 9.47 Å². The van der Waals surface area contributed by atoms with Crippen LogP contribution in [0.1, 0.15) is 12.0 Å². The van der Waals surface area contributed by atoms with Crippen molar-refractivity contribution in [1.82, 2.24) is 20.8 Å². The fraction of sp³-hybridized carbons (Fsp3) is 0.333. The van der Waals surface area contributed by atoms with Crippen LogP contribution in [-0.4, -0.2) is 24.2 Å². The van der Waals surface area contributed by atoms with Gasteiger partial charge in [0, 0.05) is 32.8 Å². The molecule has 1 aromatic heterocycles. The zero-order valence-corrected chi connectivity index (χ0v) is 9.04. The number of nitrogens with one attached hydrogen (secondary N) is 2. The summed E-state index contributed by atoms with van der Waals surface area (Å²) >= 11 is 0. The molecule has 1 aliphatic heterocycles. The predicted molar refractivity (Wildman–Crippen MR) is 56.7 cm³/mol. The second kappa shape index (κ2) is 4.77. The minimum Gasteiger partial charge on any atom is -0.350 e. The molecule has 0 aliphatic carbocycles. The average Bonchev–Trinajstić information content (AvgIpc) is 2.85. The number of hydrogen-bond acceptors (Lipinski definition) is 7. The zero-order valence-electron chi connectivity index (χ0n) is 9.04. The van der Waals surface area contributed by atoms with Crippen molar-refractivity contribution in [2.75, 3.05) is 19.3 Å². The summed E-state index contributed by atoms with van der Waals surface area (Å²) in [5.74, 6) is 0.488. The maximum absolute atomic E-state index is 5.12. The van der Waals surface area contributed by atoms with Crippen molar-refractivity contribution in [2.24, 2.45) is 0 Å². The molecule has 0 aromatic carbocycles. The van der Waals surface area contributed by atoms with Crippen LogP contribution in [0.25, 0.3) is 0 Å². The topological polar surface area (TPSA) is 71.5 Å². The number of nitrogens with zero attached hydrogens (tertiary/aromatic N) is 3. The lowest BCUT2D eigenvalue weighted by Crippen LogP contribution is -2.39. The molecule has 0 atom stereocenters. The average molecular weight is 223 g/mol. The minimum atomic E-state index is -0.489. The Balaban J connectivity index is 2.18. The Hall–Kier alpha value is -1.86. The largest absolute Gasteiger partial charge is 0.350 e. The number of hydrogen-bond donors (Lipinski definition) is 2. The van der Waals surface area contributed by atoms with E-state index in [0.717, 1.165) is 0 Å². The van der Waals surface area contributed by atoms with Crippen LogP contribution < -0.4 is 16.0 Å². The number of methoxy groups -OCH3 is 2. The first-order valence-electron chi connectivity index (χ1n) is 4.71. The molecule has 0 radical (unpaired) electrons. The molecule has 0 bridgehead atoms. The zero-order chi connectivity index (χ0) is 11.4. The maximum Gasteiger partial charge on any atom is 0.264 e. The highest BCUT2D eigenvalue weighted by Gasteiger charge is 2.15. The summed E-state index contributed by atoms with van der Waals surface area (Å²) in [5, 5.41) is 1.58. The third kappa shape index (κ3) is 2.05. The van der Waals surface area contributed by atoms with Crippen LogP contribution in [0.3, 0.4) is 0 Å². The van der Waals surface area contributed by atoms with Crippen LogP contribution in [0, 0.1) is 0 Å². The van der Waals surface area contributed by atoms with Crippen LogP contribution >= 0.6 is 0 Å². The van der Waals surface area contributed by atoms with Crippen LogP contribution in [0.4, 0.5) is 5.95 Å². The summed E-state index contributed by atoms with van der Waals surface area (Å²) in [6, 6.07) is 1.74. The third-order valence-corrected chi connectivity index (χ3v) is 2.02. The van der Waals surface area contributed by atoms with E-state index in [1.54, 1.807) is 44.0 Å². The van der Waals surface area contributed by atoms with E-state index < -0.39 is 6.29 Å². The van der Waals surface area contributed by atoms with E-state index >= 15 is 0 Å². The van der Waals surface area contributed by atoms with Gasteiger partial charge in [-0.1, -0.05) is 0 Å². The van der Waals surface area contributed by atoms with Crippen LogP contribution in [0.15, 0.2) is 24.7 Å². The Morgan fingerprint density at radius 3 is 2.56 bits per heavy atom. The maximum atomic E-state index is 5.12. The molecule has 2 rings (SSSR count). The van der Waals surface area contributed by atoms with Crippen molar-refractivity contribution in [3.63, 3.8) is 0 Å². The molecule has 0 spiro atoms. The van der Waals surface area contributed by atoms with E-state index in [9.17, 15) is 0 Å². The Bertz CT molecular complexity index is 355. The summed E-state index contributed by atoms with van der Waals surface area (Å²) in [7, 11) is 3.12. The highest BCUT2D eigenvalue weighted by atomic mass is 16.7. The number of rotatable bonds is 4. The lowest BCUT2D eigenvalue weighted by atomic mass is 10.4. The van der Waals surface area contributed by atoms with Gasteiger partial charge in [-0.05, 0) is 6.07 Å². The molecule has 1 aromatic rings. The van der Waals surface area contributed by atoms with Crippen molar-refractivity contribution in [1.29, 1.82) is 0 Å². The van der Waals surface area contributed by atoms with Crippen LogP contribution in [0.2, 0.25) is 0 Å². The van der Waals surface area contributed by atoms with Gasteiger partial charge >= 0.3 is 0 Å².